The molecule has 0 radical (unpaired) electrons. The maximum absolute atomic E-state index is 2.48. The fourth-order valence-corrected chi connectivity index (χ4v) is 13.5. The van der Waals surface area contributed by atoms with Gasteiger partial charge >= 0.3 is 0 Å². The summed E-state index contributed by atoms with van der Waals surface area (Å²) in [6, 6.07) is 73.5. The lowest BCUT2D eigenvalue weighted by molar-refractivity contribution is 0.660. The normalized spacial score (nSPS) is 13.4. The summed E-state index contributed by atoms with van der Waals surface area (Å²) >= 11 is 3.81. The molecule has 0 unspecified atom stereocenters. The molecule has 2 heteroatoms. The van der Waals surface area contributed by atoms with Crippen LogP contribution < -0.4 is 0 Å². The Morgan fingerprint density at radius 2 is 0.889 bits per heavy atom. The number of hydrogen-bond acceptors (Lipinski definition) is 2. The standard InChI is InChI=1S/C61H38S2/c1-61(2)52-27-23-41(59-46-16-7-5-14-44(46)58(45-15-6-8-17-47(45)59)40-20-19-35-11-3-4-12-36(35)29-40)30-50(52)42-25-21-37(31-53(42)61)38-22-26-48-56(32-38)63-55-28-24-39-33-57-51(34-49(39)60(48)55)43-13-9-10-18-54(43)62-57/h3-34H,1-2H3. The van der Waals surface area contributed by atoms with E-state index in [4.69, 9.17) is 0 Å². The average molecular weight is 835 g/mol. The molecule has 0 amide bonds. The molecule has 11 aromatic carbocycles. The minimum absolute atomic E-state index is 0.138. The summed E-state index contributed by atoms with van der Waals surface area (Å²) in [5.74, 6) is 0. The zero-order valence-electron chi connectivity index (χ0n) is 34.8. The Bertz CT molecular complexity index is 4060. The van der Waals surface area contributed by atoms with E-state index >= 15 is 0 Å². The van der Waals surface area contributed by atoms with Gasteiger partial charge in [-0.25, -0.2) is 0 Å². The third-order valence-corrected chi connectivity index (χ3v) is 16.5. The SMILES string of the molecule is CC1(C)c2ccc(-c3c4ccccc4c(-c4ccc5ccccc5c4)c4ccccc34)cc2-c2ccc(-c3ccc4c(c3)sc3ccc5cc6sc7ccccc7c6cc5c34)cc21. The van der Waals surface area contributed by atoms with Crippen LogP contribution in [0.15, 0.2) is 194 Å². The number of hydrogen-bond donors (Lipinski definition) is 0. The summed E-state index contributed by atoms with van der Waals surface area (Å²) in [7, 11) is 0. The van der Waals surface area contributed by atoms with Gasteiger partial charge in [0, 0.05) is 45.8 Å². The van der Waals surface area contributed by atoms with Gasteiger partial charge in [0.2, 0.25) is 0 Å². The summed E-state index contributed by atoms with van der Waals surface area (Å²) in [5.41, 5.74) is 13.0. The summed E-state index contributed by atoms with van der Waals surface area (Å²) in [6.07, 6.45) is 0. The molecule has 0 fully saturated rings. The van der Waals surface area contributed by atoms with Crippen LogP contribution in [-0.2, 0) is 5.41 Å². The van der Waals surface area contributed by atoms with Crippen LogP contribution >= 0.6 is 22.7 Å². The van der Waals surface area contributed by atoms with E-state index in [-0.39, 0.29) is 5.41 Å². The third kappa shape index (κ3) is 5.08. The maximum Gasteiger partial charge on any atom is 0.0361 e. The van der Waals surface area contributed by atoms with Crippen molar-refractivity contribution in [2.24, 2.45) is 0 Å². The van der Waals surface area contributed by atoms with E-state index in [9.17, 15) is 0 Å². The Morgan fingerprint density at radius 1 is 0.302 bits per heavy atom. The van der Waals surface area contributed by atoms with Crippen molar-refractivity contribution < 1.29 is 0 Å². The molecule has 2 aromatic heterocycles. The molecule has 13 aromatic rings. The molecule has 0 atom stereocenters. The van der Waals surface area contributed by atoms with Crippen LogP contribution in [0.25, 0.3) is 128 Å². The number of thiophene rings is 2. The second-order valence-corrected chi connectivity index (χ2v) is 20.1. The predicted octanol–water partition coefficient (Wildman–Crippen LogP) is 18.3. The van der Waals surface area contributed by atoms with Crippen molar-refractivity contribution >= 4 is 106 Å². The Morgan fingerprint density at radius 3 is 1.67 bits per heavy atom. The predicted molar refractivity (Wildman–Crippen MR) is 276 cm³/mol. The first-order valence-electron chi connectivity index (χ1n) is 21.9. The number of fused-ring (bicyclic) bond motifs is 14. The summed E-state index contributed by atoms with van der Waals surface area (Å²) < 4.78 is 5.39. The van der Waals surface area contributed by atoms with Crippen molar-refractivity contribution in [2.45, 2.75) is 19.3 Å². The molecule has 0 spiro atoms. The molecular weight excluding hydrogens is 797 g/mol. The van der Waals surface area contributed by atoms with E-state index in [1.807, 2.05) is 22.7 Å². The van der Waals surface area contributed by atoms with Crippen LogP contribution in [0.4, 0.5) is 0 Å². The van der Waals surface area contributed by atoms with Crippen LogP contribution in [0.1, 0.15) is 25.0 Å². The van der Waals surface area contributed by atoms with Gasteiger partial charge in [0.05, 0.1) is 0 Å². The molecule has 1 aliphatic carbocycles. The molecule has 2 heterocycles. The van der Waals surface area contributed by atoms with Gasteiger partial charge in [0.1, 0.15) is 0 Å². The minimum Gasteiger partial charge on any atom is -0.135 e. The highest BCUT2D eigenvalue weighted by molar-refractivity contribution is 7.26. The summed E-state index contributed by atoms with van der Waals surface area (Å²) in [4.78, 5) is 0. The van der Waals surface area contributed by atoms with E-state index in [2.05, 4.69) is 208 Å². The molecule has 14 rings (SSSR count). The Labute approximate surface area is 372 Å². The second-order valence-electron chi connectivity index (χ2n) is 18.0. The van der Waals surface area contributed by atoms with Gasteiger partial charge in [0.25, 0.3) is 0 Å². The highest BCUT2D eigenvalue weighted by atomic mass is 32.1. The highest BCUT2D eigenvalue weighted by Crippen LogP contribution is 2.53. The average Bonchev–Trinajstić information content (AvgIpc) is 3.96. The first-order chi connectivity index (χ1) is 31.0. The number of benzene rings is 11. The Balaban J connectivity index is 0.890. The summed E-state index contributed by atoms with van der Waals surface area (Å²) in [5, 5.41) is 15.7. The lowest BCUT2D eigenvalue weighted by Crippen LogP contribution is -2.15. The lowest BCUT2D eigenvalue weighted by atomic mass is 9.81. The van der Waals surface area contributed by atoms with Gasteiger partial charge in [-0.1, -0.05) is 159 Å². The molecule has 0 N–H and O–H groups in total. The zero-order chi connectivity index (χ0) is 41.6. The van der Waals surface area contributed by atoms with Crippen molar-refractivity contribution in [2.75, 3.05) is 0 Å². The van der Waals surface area contributed by atoms with E-state index in [1.165, 1.54) is 139 Å². The van der Waals surface area contributed by atoms with Crippen LogP contribution in [0.3, 0.4) is 0 Å². The monoisotopic (exact) mass is 834 g/mol. The Kier molecular flexibility index (Phi) is 7.31. The van der Waals surface area contributed by atoms with Crippen LogP contribution in [0.2, 0.25) is 0 Å². The largest absolute Gasteiger partial charge is 0.135 e. The fourth-order valence-electron chi connectivity index (χ4n) is 11.2. The molecule has 0 saturated carbocycles. The van der Waals surface area contributed by atoms with Gasteiger partial charge in [-0.3, -0.25) is 0 Å². The van der Waals surface area contributed by atoms with Crippen LogP contribution in [0, 0.1) is 0 Å². The topological polar surface area (TPSA) is 0 Å². The number of rotatable bonds is 3. The smallest absolute Gasteiger partial charge is 0.0361 e. The third-order valence-electron chi connectivity index (χ3n) is 14.2. The molecule has 0 aliphatic heterocycles. The van der Waals surface area contributed by atoms with Crippen molar-refractivity contribution in [1.29, 1.82) is 0 Å². The van der Waals surface area contributed by atoms with Gasteiger partial charge < -0.3 is 0 Å². The molecule has 0 nitrogen and oxygen atoms in total. The van der Waals surface area contributed by atoms with E-state index < -0.39 is 0 Å². The van der Waals surface area contributed by atoms with Gasteiger partial charge in [0.15, 0.2) is 0 Å². The summed E-state index contributed by atoms with van der Waals surface area (Å²) in [6.45, 7) is 4.80. The van der Waals surface area contributed by atoms with Crippen LogP contribution in [0.5, 0.6) is 0 Å². The second kappa shape index (κ2) is 13.0. The van der Waals surface area contributed by atoms with Gasteiger partial charge in [-0.2, -0.15) is 0 Å². The zero-order valence-corrected chi connectivity index (χ0v) is 36.4. The highest BCUT2D eigenvalue weighted by Gasteiger charge is 2.36. The molecule has 63 heavy (non-hydrogen) atoms. The first kappa shape index (κ1) is 35.5. The van der Waals surface area contributed by atoms with Crippen molar-refractivity contribution in [1.82, 2.24) is 0 Å². The molecule has 294 valence electrons. The first-order valence-corrected chi connectivity index (χ1v) is 23.5. The van der Waals surface area contributed by atoms with E-state index in [1.54, 1.807) is 0 Å². The van der Waals surface area contributed by atoms with Crippen molar-refractivity contribution in [3.63, 3.8) is 0 Å². The van der Waals surface area contributed by atoms with E-state index in [0.717, 1.165) is 0 Å². The minimum atomic E-state index is -0.138. The van der Waals surface area contributed by atoms with E-state index in [0.29, 0.717) is 0 Å². The van der Waals surface area contributed by atoms with Gasteiger partial charge in [-0.05, 0) is 147 Å². The molecule has 0 saturated heterocycles. The fraction of sp³-hybridized carbons (Fsp3) is 0.0492. The van der Waals surface area contributed by atoms with Gasteiger partial charge in [-0.15, -0.1) is 22.7 Å². The quantitative estimate of drug-likeness (QED) is 0.156. The maximum atomic E-state index is 2.48. The molecular formula is C61H38S2. The molecule has 0 bridgehead atoms. The van der Waals surface area contributed by atoms with Crippen LogP contribution in [-0.4, -0.2) is 0 Å². The Hall–Kier alpha value is -7.10. The molecule has 1 aliphatic rings. The van der Waals surface area contributed by atoms with Crippen molar-refractivity contribution in [3.8, 4) is 44.5 Å². The van der Waals surface area contributed by atoms with Crippen molar-refractivity contribution in [3.05, 3.63) is 205 Å². The lowest BCUT2D eigenvalue weighted by Gasteiger charge is -2.22.